The van der Waals surface area contributed by atoms with E-state index in [0.717, 1.165) is 0 Å². The van der Waals surface area contributed by atoms with Gasteiger partial charge in [-0.05, 0) is 30.3 Å². The molecule has 0 spiro atoms. The highest BCUT2D eigenvalue weighted by Crippen LogP contribution is 2.12. The normalized spacial score (nSPS) is 10.4. The van der Waals surface area contributed by atoms with Gasteiger partial charge >= 0.3 is 0 Å². The van der Waals surface area contributed by atoms with E-state index in [9.17, 15) is 19.2 Å². The summed E-state index contributed by atoms with van der Waals surface area (Å²) in [5.74, 6) is -0.817. The van der Waals surface area contributed by atoms with E-state index in [1.54, 1.807) is 30.3 Å². The maximum Gasteiger partial charge on any atom is 0.270 e. The molecule has 0 saturated carbocycles. The minimum Gasteiger partial charge on any atom is -0.343 e. The van der Waals surface area contributed by atoms with Crippen molar-refractivity contribution in [1.82, 2.24) is 15.5 Å². The van der Waals surface area contributed by atoms with Crippen molar-refractivity contribution in [3.8, 4) is 0 Å². The predicted molar refractivity (Wildman–Crippen MR) is 92.6 cm³/mol. The van der Waals surface area contributed by atoms with Crippen molar-refractivity contribution in [2.75, 3.05) is 11.9 Å². The van der Waals surface area contributed by atoms with Crippen LogP contribution in [0.25, 0.3) is 10.8 Å². The quantitative estimate of drug-likeness (QED) is 0.555. The zero-order valence-electron chi connectivity index (χ0n) is 13.0. The minimum atomic E-state index is -0.469. The van der Waals surface area contributed by atoms with E-state index >= 15 is 0 Å². The second kappa shape index (κ2) is 6.83. The lowest BCUT2D eigenvalue weighted by Gasteiger charge is -2.07. The van der Waals surface area contributed by atoms with E-state index < -0.39 is 17.0 Å². The van der Waals surface area contributed by atoms with Crippen LogP contribution in [-0.4, -0.2) is 28.6 Å². The fourth-order valence-corrected chi connectivity index (χ4v) is 2.31. The van der Waals surface area contributed by atoms with Crippen LogP contribution in [0.5, 0.6) is 0 Å². The first-order valence-corrected chi connectivity index (χ1v) is 7.42. The number of hydrogen-bond donors (Lipinski definition) is 4. The van der Waals surface area contributed by atoms with Crippen molar-refractivity contribution in [3.05, 3.63) is 74.8 Å². The highest BCUT2D eigenvalue weighted by atomic mass is 16.2. The van der Waals surface area contributed by atoms with E-state index in [4.69, 9.17) is 0 Å². The summed E-state index contributed by atoms with van der Waals surface area (Å²) < 4.78 is 0. The Kier molecular flexibility index (Phi) is 4.42. The van der Waals surface area contributed by atoms with Gasteiger partial charge in [0.2, 0.25) is 5.91 Å². The number of aromatic nitrogens is 2. The molecule has 1 heterocycles. The number of aromatic amines is 2. The van der Waals surface area contributed by atoms with Gasteiger partial charge < -0.3 is 10.6 Å². The Hall–Kier alpha value is -3.68. The van der Waals surface area contributed by atoms with Crippen molar-refractivity contribution in [3.63, 3.8) is 0 Å². The van der Waals surface area contributed by atoms with Crippen molar-refractivity contribution in [2.24, 2.45) is 0 Å². The Bertz CT molecular complexity index is 1050. The summed E-state index contributed by atoms with van der Waals surface area (Å²) in [7, 11) is 0. The standard InChI is InChI=1S/C17H14N4O4/c22-14(9-18-15(23)10-4-2-1-3-5-10)19-11-6-7-12-13(8-11)17(25)21-20-16(12)24/h1-8H,9H2,(H,18,23)(H,19,22)(H,20,24)(H,21,25). The van der Waals surface area contributed by atoms with Crippen LogP contribution in [0.15, 0.2) is 58.1 Å². The Labute approximate surface area is 140 Å². The zero-order valence-corrected chi connectivity index (χ0v) is 13.0. The molecule has 2 amide bonds. The van der Waals surface area contributed by atoms with Gasteiger partial charge in [0.25, 0.3) is 17.0 Å². The van der Waals surface area contributed by atoms with Gasteiger partial charge in [-0.3, -0.25) is 29.4 Å². The summed E-state index contributed by atoms with van der Waals surface area (Å²) in [5.41, 5.74) is -0.0972. The zero-order chi connectivity index (χ0) is 17.8. The Morgan fingerprint density at radius 1 is 0.880 bits per heavy atom. The molecule has 0 saturated heterocycles. The fraction of sp³-hybridized carbons (Fsp3) is 0.0588. The topological polar surface area (TPSA) is 124 Å². The van der Waals surface area contributed by atoms with E-state index in [1.165, 1.54) is 18.2 Å². The average molecular weight is 338 g/mol. The number of benzene rings is 2. The molecule has 0 fully saturated rings. The van der Waals surface area contributed by atoms with Crippen LogP contribution < -0.4 is 21.8 Å². The van der Waals surface area contributed by atoms with Crippen molar-refractivity contribution < 1.29 is 9.59 Å². The molecular formula is C17H14N4O4. The molecule has 0 aliphatic carbocycles. The highest BCUT2D eigenvalue weighted by Gasteiger charge is 2.09. The Morgan fingerprint density at radius 2 is 1.56 bits per heavy atom. The maximum absolute atomic E-state index is 12.0. The molecule has 0 bridgehead atoms. The molecule has 2 aromatic carbocycles. The molecular weight excluding hydrogens is 324 g/mol. The Balaban J connectivity index is 1.68. The van der Waals surface area contributed by atoms with Crippen LogP contribution in [0.3, 0.4) is 0 Å². The number of nitrogens with one attached hydrogen (secondary N) is 4. The van der Waals surface area contributed by atoms with Crippen LogP contribution in [0.2, 0.25) is 0 Å². The second-order valence-electron chi connectivity index (χ2n) is 5.27. The van der Waals surface area contributed by atoms with Crippen molar-refractivity contribution in [2.45, 2.75) is 0 Å². The monoisotopic (exact) mass is 338 g/mol. The number of rotatable bonds is 4. The van der Waals surface area contributed by atoms with Gasteiger partial charge in [-0.15, -0.1) is 0 Å². The first-order valence-electron chi connectivity index (χ1n) is 7.42. The van der Waals surface area contributed by atoms with Crippen LogP contribution in [0.4, 0.5) is 5.69 Å². The van der Waals surface area contributed by atoms with Gasteiger partial charge in [-0.25, -0.2) is 0 Å². The molecule has 0 radical (unpaired) electrons. The third-order valence-corrected chi connectivity index (χ3v) is 3.53. The number of carbonyl (C=O) groups is 2. The number of fused-ring (bicyclic) bond motifs is 1. The summed E-state index contributed by atoms with van der Waals surface area (Å²) >= 11 is 0. The minimum absolute atomic E-state index is 0.162. The van der Waals surface area contributed by atoms with Crippen molar-refractivity contribution in [1.29, 1.82) is 0 Å². The van der Waals surface area contributed by atoms with E-state index in [-0.39, 0.29) is 23.2 Å². The molecule has 8 heteroatoms. The number of anilines is 1. The van der Waals surface area contributed by atoms with Gasteiger partial charge in [0.05, 0.1) is 17.3 Å². The van der Waals surface area contributed by atoms with E-state index in [2.05, 4.69) is 20.8 Å². The number of carbonyl (C=O) groups excluding carboxylic acids is 2. The summed E-state index contributed by atoms with van der Waals surface area (Å²) in [5, 5.41) is 9.90. The summed E-state index contributed by atoms with van der Waals surface area (Å²) in [6.45, 7) is -0.225. The van der Waals surface area contributed by atoms with Gasteiger partial charge in [-0.2, -0.15) is 0 Å². The summed E-state index contributed by atoms with van der Waals surface area (Å²) in [6, 6.07) is 12.9. The average Bonchev–Trinajstić information content (AvgIpc) is 2.63. The molecule has 0 aliphatic heterocycles. The highest BCUT2D eigenvalue weighted by molar-refractivity contribution is 6.00. The van der Waals surface area contributed by atoms with E-state index in [1.807, 2.05) is 0 Å². The Morgan fingerprint density at radius 3 is 2.28 bits per heavy atom. The van der Waals surface area contributed by atoms with Gasteiger partial charge in [0, 0.05) is 11.3 Å². The lowest BCUT2D eigenvalue weighted by atomic mass is 10.2. The molecule has 3 rings (SSSR count). The third-order valence-electron chi connectivity index (χ3n) is 3.53. The lowest BCUT2D eigenvalue weighted by molar-refractivity contribution is -0.115. The second-order valence-corrected chi connectivity index (χ2v) is 5.27. The predicted octanol–water partition coefficient (Wildman–Crippen LogP) is 0.585. The van der Waals surface area contributed by atoms with Crippen LogP contribution in [0, 0.1) is 0 Å². The number of amides is 2. The number of H-pyrrole nitrogens is 2. The number of hydrogen-bond acceptors (Lipinski definition) is 4. The molecule has 126 valence electrons. The molecule has 4 N–H and O–H groups in total. The lowest BCUT2D eigenvalue weighted by Crippen LogP contribution is -2.32. The van der Waals surface area contributed by atoms with Crippen molar-refractivity contribution >= 4 is 28.3 Å². The van der Waals surface area contributed by atoms with Gasteiger partial charge in [-0.1, -0.05) is 18.2 Å². The molecule has 3 aromatic rings. The molecule has 0 atom stereocenters. The summed E-state index contributed by atoms with van der Waals surface area (Å²) in [6.07, 6.45) is 0. The maximum atomic E-state index is 12.0. The molecule has 8 nitrogen and oxygen atoms in total. The van der Waals surface area contributed by atoms with Crippen LogP contribution in [-0.2, 0) is 4.79 Å². The molecule has 0 unspecified atom stereocenters. The smallest absolute Gasteiger partial charge is 0.270 e. The van der Waals surface area contributed by atoms with Crippen LogP contribution >= 0.6 is 0 Å². The first kappa shape index (κ1) is 16.2. The summed E-state index contributed by atoms with van der Waals surface area (Å²) in [4.78, 5) is 47.2. The van der Waals surface area contributed by atoms with Gasteiger partial charge in [0.1, 0.15) is 0 Å². The SMILES string of the molecule is O=C(CNC(=O)c1ccccc1)Nc1ccc2c(=O)[nH][nH]c(=O)c2c1. The largest absolute Gasteiger partial charge is 0.343 e. The first-order chi connectivity index (χ1) is 12.0. The third kappa shape index (κ3) is 3.63. The molecule has 25 heavy (non-hydrogen) atoms. The van der Waals surface area contributed by atoms with Gasteiger partial charge in [0.15, 0.2) is 0 Å². The molecule has 1 aromatic heterocycles. The molecule has 0 aliphatic rings. The van der Waals surface area contributed by atoms with Crippen LogP contribution in [0.1, 0.15) is 10.4 Å². The van der Waals surface area contributed by atoms with E-state index in [0.29, 0.717) is 11.3 Å². The fourth-order valence-electron chi connectivity index (χ4n) is 2.31.